The normalized spacial score (nSPS) is 13.8. The number of aromatic amines is 1. The highest BCUT2D eigenvalue weighted by Gasteiger charge is 2.25. The number of nitrogens with one attached hydrogen (secondary N) is 2. The maximum atomic E-state index is 12.7. The maximum absolute atomic E-state index is 12.7. The van der Waals surface area contributed by atoms with Crippen molar-refractivity contribution in [2.75, 3.05) is 0 Å². The predicted molar refractivity (Wildman–Crippen MR) is 97.3 cm³/mol. The number of hydrogen-bond acceptors (Lipinski definition) is 4. The van der Waals surface area contributed by atoms with Crippen LogP contribution in [0.25, 0.3) is 11.0 Å². The average Bonchev–Trinajstić information content (AvgIpc) is 3.14. The van der Waals surface area contributed by atoms with Crippen LogP contribution in [0.5, 0.6) is 0 Å². The molecule has 2 aromatic heterocycles. The van der Waals surface area contributed by atoms with Crippen LogP contribution in [0.15, 0.2) is 24.3 Å². The van der Waals surface area contributed by atoms with E-state index in [1.54, 1.807) is 11.3 Å². The number of fused-ring (bicyclic) bond motifs is 1. The molecule has 0 bridgehead atoms. The van der Waals surface area contributed by atoms with E-state index in [0.717, 1.165) is 33.2 Å². The summed E-state index contributed by atoms with van der Waals surface area (Å²) < 4.78 is 0. The number of benzene rings is 1. The Morgan fingerprint density at radius 3 is 2.67 bits per heavy atom. The quantitative estimate of drug-likeness (QED) is 0.731. The minimum Gasteiger partial charge on any atom is -0.340 e. The van der Waals surface area contributed by atoms with E-state index in [9.17, 15) is 4.79 Å². The Morgan fingerprint density at radius 2 is 2.04 bits per heavy atom. The minimum atomic E-state index is -0.170. The third kappa shape index (κ3) is 3.19. The van der Waals surface area contributed by atoms with Crippen LogP contribution in [0.4, 0.5) is 0 Å². The number of aromatic nitrogens is 3. The Morgan fingerprint density at radius 1 is 1.29 bits per heavy atom. The third-order valence-electron chi connectivity index (χ3n) is 4.32. The van der Waals surface area contributed by atoms with Gasteiger partial charge in [-0.15, -0.1) is 11.3 Å². The van der Waals surface area contributed by atoms with Gasteiger partial charge in [-0.3, -0.25) is 4.79 Å². The van der Waals surface area contributed by atoms with Gasteiger partial charge >= 0.3 is 0 Å². The molecule has 0 radical (unpaired) electrons. The largest absolute Gasteiger partial charge is 0.340 e. The van der Waals surface area contributed by atoms with Gasteiger partial charge in [0.2, 0.25) is 0 Å². The molecule has 0 fully saturated rings. The van der Waals surface area contributed by atoms with Crippen molar-refractivity contribution >= 4 is 28.3 Å². The molecule has 2 heterocycles. The topological polar surface area (TPSA) is 70.7 Å². The van der Waals surface area contributed by atoms with E-state index in [2.05, 4.69) is 34.1 Å². The SMILES string of the molecule is CCC(C)C(NC(=O)c1nc(C)sc1C)c1nc2ccccc2[nH]1. The average molecular weight is 342 g/mol. The number of hydrogen-bond donors (Lipinski definition) is 2. The van der Waals surface area contributed by atoms with Crippen molar-refractivity contribution in [3.05, 3.63) is 45.7 Å². The number of amides is 1. The van der Waals surface area contributed by atoms with Gasteiger partial charge in [0.25, 0.3) is 5.91 Å². The first-order valence-corrected chi connectivity index (χ1v) is 9.00. The maximum Gasteiger partial charge on any atom is 0.271 e. The summed E-state index contributed by atoms with van der Waals surface area (Å²) in [4.78, 5) is 26.0. The molecule has 2 N–H and O–H groups in total. The van der Waals surface area contributed by atoms with E-state index < -0.39 is 0 Å². The fraction of sp³-hybridized carbons (Fsp3) is 0.389. The number of thiazole rings is 1. The van der Waals surface area contributed by atoms with Crippen LogP contribution in [0.1, 0.15) is 52.5 Å². The zero-order valence-electron chi connectivity index (χ0n) is 14.4. The predicted octanol–water partition coefficient (Wildman–Crippen LogP) is 4.15. The van der Waals surface area contributed by atoms with Crippen LogP contribution in [-0.2, 0) is 0 Å². The van der Waals surface area contributed by atoms with Crippen LogP contribution in [-0.4, -0.2) is 20.9 Å². The minimum absolute atomic E-state index is 0.136. The first-order valence-electron chi connectivity index (χ1n) is 8.19. The van der Waals surface area contributed by atoms with Gasteiger partial charge in [0.15, 0.2) is 0 Å². The molecule has 1 amide bonds. The molecule has 0 aliphatic rings. The number of carbonyl (C=O) groups is 1. The van der Waals surface area contributed by atoms with Gasteiger partial charge in [-0.2, -0.15) is 0 Å². The molecule has 2 atom stereocenters. The summed E-state index contributed by atoms with van der Waals surface area (Å²) in [5.41, 5.74) is 2.41. The zero-order valence-corrected chi connectivity index (χ0v) is 15.2. The van der Waals surface area contributed by atoms with Crippen LogP contribution in [0.2, 0.25) is 0 Å². The second-order valence-corrected chi connectivity index (χ2v) is 7.52. The fourth-order valence-electron chi connectivity index (χ4n) is 2.78. The summed E-state index contributed by atoms with van der Waals surface area (Å²) in [5.74, 6) is 0.917. The molecule has 24 heavy (non-hydrogen) atoms. The van der Waals surface area contributed by atoms with Gasteiger partial charge in [-0.1, -0.05) is 32.4 Å². The number of aryl methyl sites for hydroxylation is 2. The molecule has 3 rings (SSSR count). The molecule has 2 unspecified atom stereocenters. The molecule has 3 aromatic rings. The summed E-state index contributed by atoms with van der Waals surface area (Å²) in [7, 11) is 0. The summed E-state index contributed by atoms with van der Waals surface area (Å²) in [6.07, 6.45) is 0.942. The molecule has 0 spiro atoms. The summed E-state index contributed by atoms with van der Waals surface area (Å²) >= 11 is 1.54. The molecule has 6 heteroatoms. The Kier molecular flexibility index (Phi) is 4.66. The van der Waals surface area contributed by atoms with Crippen LogP contribution in [0, 0.1) is 19.8 Å². The lowest BCUT2D eigenvalue weighted by atomic mass is 9.98. The molecule has 0 saturated heterocycles. The van der Waals surface area contributed by atoms with Crippen LogP contribution in [0.3, 0.4) is 0 Å². The summed E-state index contributed by atoms with van der Waals surface area (Å²) in [5, 5.41) is 4.03. The number of nitrogens with zero attached hydrogens (tertiary/aromatic N) is 2. The van der Waals surface area contributed by atoms with Crippen molar-refractivity contribution in [1.82, 2.24) is 20.3 Å². The lowest BCUT2D eigenvalue weighted by molar-refractivity contribution is 0.0915. The van der Waals surface area contributed by atoms with Crippen molar-refractivity contribution < 1.29 is 4.79 Å². The zero-order chi connectivity index (χ0) is 17.3. The Balaban J connectivity index is 1.92. The van der Waals surface area contributed by atoms with Crippen molar-refractivity contribution in [2.24, 2.45) is 5.92 Å². The second kappa shape index (κ2) is 6.73. The van der Waals surface area contributed by atoms with Gasteiger partial charge in [0.05, 0.1) is 22.1 Å². The van der Waals surface area contributed by atoms with Crippen molar-refractivity contribution in [3.8, 4) is 0 Å². The molecular formula is C18H22N4OS. The monoisotopic (exact) mass is 342 g/mol. The molecule has 0 aliphatic heterocycles. The second-order valence-electron chi connectivity index (χ2n) is 6.11. The van der Waals surface area contributed by atoms with Gasteiger partial charge < -0.3 is 10.3 Å². The molecule has 1 aromatic carbocycles. The Bertz CT molecular complexity index is 834. The number of rotatable bonds is 5. The van der Waals surface area contributed by atoms with Crippen molar-refractivity contribution in [3.63, 3.8) is 0 Å². The van der Waals surface area contributed by atoms with E-state index in [0.29, 0.717) is 5.69 Å². The van der Waals surface area contributed by atoms with Gasteiger partial charge in [-0.05, 0) is 31.9 Å². The Hall–Kier alpha value is -2.21. The lowest BCUT2D eigenvalue weighted by Gasteiger charge is -2.22. The fourth-order valence-corrected chi connectivity index (χ4v) is 3.60. The van der Waals surface area contributed by atoms with Gasteiger partial charge in [0.1, 0.15) is 11.5 Å². The molecule has 5 nitrogen and oxygen atoms in total. The van der Waals surface area contributed by atoms with Crippen molar-refractivity contribution in [2.45, 2.75) is 40.2 Å². The number of imidazole rings is 1. The standard InChI is InChI=1S/C18H22N4OS/c1-5-10(2)15(17-20-13-8-6-7-9-14(13)21-17)22-18(23)16-11(3)24-12(4)19-16/h6-10,15H,5H2,1-4H3,(H,20,21)(H,22,23). The third-order valence-corrected chi connectivity index (χ3v) is 5.21. The van der Waals surface area contributed by atoms with Gasteiger partial charge in [0, 0.05) is 4.88 Å². The number of carbonyl (C=O) groups excluding carboxylic acids is 1. The lowest BCUT2D eigenvalue weighted by Crippen LogP contribution is -2.33. The van der Waals surface area contributed by atoms with E-state index in [1.165, 1.54) is 0 Å². The van der Waals surface area contributed by atoms with Crippen LogP contribution < -0.4 is 5.32 Å². The van der Waals surface area contributed by atoms with E-state index in [-0.39, 0.29) is 17.9 Å². The highest BCUT2D eigenvalue weighted by atomic mass is 32.1. The first-order chi connectivity index (χ1) is 11.5. The van der Waals surface area contributed by atoms with Gasteiger partial charge in [-0.25, -0.2) is 9.97 Å². The number of H-pyrrole nitrogens is 1. The summed E-state index contributed by atoms with van der Waals surface area (Å²) in [6.45, 7) is 8.08. The van der Waals surface area contributed by atoms with E-state index in [4.69, 9.17) is 0 Å². The van der Waals surface area contributed by atoms with E-state index >= 15 is 0 Å². The van der Waals surface area contributed by atoms with Crippen LogP contribution >= 0.6 is 11.3 Å². The highest BCUT2D eigenvalue weighted by Crippen LogP contribution is 2.26. The first kappa shape index (κ1) is 16.6. The molecule has 0 aliphatic carbocycles. The smallest absolute Gasteiger partial charge is 0.271 e. The number of para-hydroxylation sites is 2. The molecule has 0 saturated carbocycles. The molecule has 126 valence electrons. The van der Waals surface area contributed by atoms with E-state index in [1.807, 2.05) is 38.1 Å². The highest BCUT2D eigenvalue weighted by molar-refractivity contribution is 7.11. The Labute approximate surface area is 145 Å². The van der Waals surface area contributed by atoms with Crippen molar-refractivity contribution in [1.29, 1.82) is 0 Å². The molecular weight excluding hydrogens is 320 g/mol. The summed E-state index contributed by atoms with van der Waals surface area (Å²) in [6, 6.07) is 7.73.